The Morgan fingerprint density at radius 3 is 2.50 bits per heavy atom. The fourth-order valence-corrected chi connectivity index (χ4v) is 2.23. The molecule has 1 atom stereocenters. The molecule has 2 rings (SSSR count). The largest absolute Gasteiger partial charge is 0.306 e. The van der Waals surface area contributed by atoms with E-state index in [0.717, 1.165) is 22.2 Å². The van der Waals surface area contributed by atoms with Gasteiger partial charge in [-0.15, -0.1) is 0 Å². The Labute approximate surface area is 123 Å². The van der Waals surface area contributed by atoms with Crippen molar-refractivity contribution in [3.8, 4) is 0 Å². The summed E-state index contributed by atoms with van der Waals surface area (Å²) in [6, 6.07) is 8.03. The maximum atomic E-state index is 13.2. The zero-order chi connectivity index (χ0) is 14.7. The summed E-state index contributed by atoms with van der Waals surface area (Å²) in [5.41, 5.74) is 1.40. The second-order valence-corrected chi connectivity index (χ2v) is 5.37. The normalized spacial score (nSPS) is 12.4. The van der Waals surface area contributed by atoms with E-state index in [2.05, 4.69) is 21.2 Å². The molecule has 1 nitrogen and oxygen atoms in total. The third kappa shape index (κ3) is 3.61. The zero-order valence-electron chi connectivity index (χ0n) is 10.8. The van der Waals surface area contributed by atoms with Crippen LogP contribution in [0, 0.1) is 17.5 Å². The summed E-state index contributed by atoms with van der Waals surface area (Å²) < 4.78 is 40.0. The number of hydrogen-bond donors (Lipinski definition) is 1. The van der Waals surface area contributed by atoms with E-state index in [0.29, 0.717) is 12.1 Å². The average Bonchev–Trinajstić information content (AvgIpc) is 2.42. The SMILES string of the molecule is CC(NCc1cc(F)ccc1Br)c1ccc(F)c(F)c1. The van der Waals surface area contributed by atoms with Gasteiger partial charge >= 0.3 is 0 Å². The van der Waals surface area contributed by atoms with E-state index in [-0.39, 0.29) is 11.9 Å². The van der Waals surface area contributed by atoms with Crippen LogP contribution < -0.4 is 5.32 Å². The van der Waals surface area contributed by atoms with Crippen LogP contribution in [0.1, 0.15) is 24.1 Å². The molecular formula is C15H13BrF3N. The Morgan fingerprint density at radius 2 is 1.80 bits per heavy atom. The summed E-state index contributed by atoms with van der Waals surface area (Å²) in [7, 11) is 0. The number of hydrogen-bond acceptors (Lipinski definition) is 1. The molecule has 0 fully saturated rings. The Kier molecular flexibility index (Phi) is 4.83. The van der Waals surface area contributed by atoms with Crippen LogP contribution in [0.2, 0.25) is 0 Å². The molecule has 0 heterocycles. The first kappa shape index (κ1) is 15.1. The Bertz CT molecular complexity index is 616. The molecule has 0 bridgehead atoms. The molecule has 106 valence electrons. The first-order valence-electron chi connectivity index (χ1n) is 6.09. The Hall–Kier alpha value is -1.33. The summed E-state index contributed by atoms with van der Waals surface area (Å²) in [4.78, 5) is 0. The van der Waals surface area contributed by atoms with Gasteiger partial charge in [0.1, 0.15) is 5.82 Å². The third-order valence-corrected chi connectivity index (χ3v) is 3.82. The summed E-state index contributed by atoms with van der Waals surface area (Å²) in [6.45, 7) is 2.25. The third-order valence-electron chi connectivity index (χ3n) is 3.05. The minimum atomic E-state index is -0.872. The van der Waals surface area contributed by atoms with Gasteiger partial charge in [0, 0.05) is 17.1 Å². The zero-order valence-corrected chi connectivity index (χ0v) is 12.3. The lowest BCUT2D eigenvalue weighted by molar-refractivity contribution is 0.500. The van der Waals surface area contributed by atoms with Crippen molar-refractivity contribution < 1.29 is 13.2 Å². The molecule has 0 amide bonds. The van der Waals surface area contributed by atoms with Crippen LogP contribution >= 0.6 is 15.9 Å². The molecule has 1 unspecified atom stereocenters. The second-order valence-electron chi connectivity index (χ2n) is 4.51. The molecule has 0 aromatic heterocycles. The van der Waals surface area contributed by atoms with E-state index in [9.17, 15) is 13.2 Å². The fourth-order valence-electron chi connectivity index (χ4n) is 1.84. The highest BCUT2D eigenvalue weighted by molar-refractivity contribution is 9.10. The van der Waals surface area contributed by atoms with E-state index < -0.39 is 11.6 Å². The topological polar surface area (TPSA) is 12.0 Å². The quantitative estimate of drug-likeness (QED) is 0.847. The van der Waals surface area contributed by atoms with Crippen LogP contribution in [0.25, 0.3) is 0 Å². The summed E-state index contributed by atoms with van der Waals surface area (Å²) in [6.07, 6.45) is 0. The molecule has 0 aliphatic carbocycles. The maximum Gasteiger partial charge on any atom is 0.159 e. The van der Waals surface area contributed by atoms with Crippen LogP contribution in [0.3, 0.4) is 0 Å². The molecule has 0 spiro atoms. The highest BCUT2D eigenvalue weighted by Gasteiger charge is 2.10. The average molecular weight is 344 g/mol. The Morgan fingerprint density at radius 1 is 1.05 bits per heavy atom. The van der Waals surface area contributed by atoms with Gasteiger partial charge in [-0.2, -0.15) is 0 Å². The molecule has 0 aliphatic rings. The number of rotatable bonds is 4. The van der Waals surface area contributed by atoms with Crippen molar-refractivity contribution in [2.75, 3.05) is 0 Å². The Balaban J connectivity index is 2.06. The van der Waals surface area contributed by atoms with Crippen LogP contribution in [-0.2, 0) is 6.54 Å². The molecule has 1 N–H and O–H groups in total. The second kappa shape index (κ2) is 6.41. The molecule has 0 aliphatic heterocycles. The van der Waals surface area contributed by atoms with Crippen molar-refractivity contribution in [3.63, 3.8) is 0 Å². The lowest BCUT2D eigenvalue weighted by Crippen LogP contribution is -2.18. The maximum absolute atomic E-state index is 13.2. The number of halogens is 4. The van der Waals surface area contributed by atoms with Crippen LogP contribution in [0.5, 0.6) is 0 Å². The van der Waals surface area contributed by atoms with Gasteiger partial charge in [-0.3, -0.25) is 0 Å². The predicted octanol–water partition coefficient (Wildman–Crippen LogP) is 4.72. The van der Waals surface area contributed by atoms with E-state index >= 15 is 0 Å². The molecule has 20 heavy (non-hydrogen) atoms. The molecule has 0 radical (unpaired) electrons. The minimum absolute atomic E-state index is 0.180. The molecule has 0 saturated carbocycles. The fraction of sp³-hybridized carbons (Fsp3) is 0.200. The van der Waals surface area contributed by atoms with Gasteiger partial charge in [-0.25, -0.2) is 13.2 Å². The standard InChI is InChI=1S/C15H13BrF3N/c1-9(10-2-5-14(18)15(19)7-10)20-8-11-6-12(17)3-4-13(11)16/h2-7,9,20H,8H2,1H3. The summed E-state index contributed by atoms with van der Waals surface area (Å²) >= 11 is 3.34. The van der Waals surface area contributed by atoms with Crippen molar-refractivity contribution in [2.45, 2.75) is 19.5 Å². The highest BCUT2D eigenvalue weighted by Crippen LogP contribution is 2.20. The lowest BCUT2D eigenvalue weighted by Gasteiger charge is -2.15. The minimum Gasteiger partial charge on any atom is -0.306 e. The van der Waals surface area contributed by atoms with Gasteiger partial charge in [-0.1, -0.05) is 22.0 Å². The first-order chi connectivity index (χ1) is 9.47. The molecule has 0 saturated heterocycles. The van der Waals surface area contributed by atoms with Gasteiger partial charge in [0.25, 0.3) is 0 Å². The smallest absolute Gasteiger partial charge is 0.159 e. The van der Waals surface area contributed by atoms with Gasteiger partial charge in [-0.05, 0) is 48.4 Å². The van der Waals surface area contributed by atoms with Crippen LogP contribution in [0.15, 0.2) is 40.9 Å². The molecular weight excluding hydrogens is 331 g/mol. The monoisotopic (exact) mass is 343 g/mol. The number of nitrogens with one attached hydrogen (secondary N) is 1. The van der Waals surface area contributed by atoms with Gasteiger partial charge in [0.05, 0.1) is 0 Å². The van der Waals surface area contributed by atoms with E-state index in [1.54, 1.807) is 6.07 Å². The molecule has 2 aromatic carbocycles. The lowest BCUT2D eigenvalue weighted by atomic mass is 10.1. The van der Waals surface area contributed by atoms with Gasteiger partial charge in [0.2, 0.25) is 0 Å². The van der Waals surface area contributed by atoms with E-state index in [4.69, 9.17) is 0 Å². The van der Waals surface area contributed by atoms with Gasteiger partial charge in [0.15, 0.2) is 11.6 Å². The molecule has 2 aromatic rings. The van der Waals surface area contributed by atoms with E-state index in [1.807, 2.05) is 6.92 Å². The van der Waals surface area contributed by atoms with Crippen molar-refractivity contribution in [1.82, 2.24) is 5.32 Å². The van der Waals surface area contributed by atoms with Crippen LogP contribution in [-0.4, -0.2) is 0 Å². The van der Waals surface area contributed by atoms with E-state index in [1.165, 1.54) is 18.2 Å². The summed E-state index contributed by atoms with van der Waals surface area (Å²) in [5, 5.41) is 3.14. The molecule has 5 heteroatoms. The summed E-state index contributed by atoms with van der Waals surface area (Å²) in [5.74, 6) is -2.05. The van der Waals surface area contributed by atoms with Crippen molar-refractivity contribution in [1.29, 1.82) is 0 Å². The number of benzene rings is 2. The highest BCUT2D eigenvalue weighted by atomic mass is 79.9. The first-order valence-corrected chi connectivity index (χ1v) is 6.89. The predicted molar refractivity (Wildman–Crippen MR) is 75.7 cm³/mol. The van der Waals surface area contributed by atoms with Gasteiger partial charge < -0.3 is 5.32 Å². The van der Waals surface area contributed by atoms with Crippen molar-refractivity contribution in [3.05, 3.63) is 69.4 Å². The van der Waals surface area contributed by atoms with Crippen LogP contribution in [0.4, 0.5) is 13.2 Å². The van der Waals surface area contributed by atoms with Crippen molar-refractivity contribution >= 4 is 15.9 Å². The van der Waals surface area contributed by atoms with Crippen molar-refractivity contribution in [2.24, 2.45) is 0 Å².